The molecule has 1 aromatic carbocycles. The maximum atomic E-state index is 12.5. The lowest BCUT2D eigenvalue weighted by Gasteiger charge is -2.37. The van der Waals surface area contributed by atoms with Gasteiger partial charge in [-0.1, -0.05) is 30.4 Å². The van der Waals surface area contributed by atoms with E-state index in [4.69, 9.17) is 9.47 Å². The number of ether oxygens (including phenoxy) is 2. The maximum Gasteiger partial charge on any atom is 0.410 e. The van der Waals surface area contributed by atoms with Crippen LogP contribution in [0, 0.1) is 0 Å². The zero-order chi connectivity index (χ0) is 17.5. The second-order valence-electron chi connectivity index (χ2n) is 7.93. The number of amides is 1. The third-order valence-corrected chi connectivity index (χ3v) is 4.81. The number of allylic oxidation sites excluding steroid dienone is 1. The lowest BCUT2D eigenvalue weighted by atomic mass is 9.80. The van der Waals surface area contributed by atoms with E-state index in [0.29, 0.717) is 19.7 Å². The monoisotopic (exact) mass is 329 g/mol. The van der Waals surface area contributed by atoms with Gasteiger partial charge in [0.2, 0.25) is 0 Å². The molecule has 0 N–H and O–H groups in total. The summed E-state index contributed by atoms with van der Waals surface area (Å²) in [5.74, 6) is 0.180. The number of hydrogen-bond acceptors (Lipinski definition) is 3. The Morgan fingerprint density at radius 2 is 2.17 bits per heavy atom. The number of benzene rings is 1. The van der Waals surface area contributed by atoms with Crippen molar-refractivity contribution in [1.29, 1.82) is 0 Å². The van der Waals surface area contributed by atoms with Gasteiger partial charge in [-0.15, -0.1) is 0 Å². The summed E-state index contributed by atoms with van der Waals surface area (Å²) in [5, 5.41) is 0. The number of likely N-dealkylation sites (tertiary alicyclic amines) is 1. The van der Waals surface area contributed by atoms with Crippen LogP contribution in [0.4, 0.5) is 4.79 Å². The topological polar surface area (TPSA) is 38.8 Å². The van der Waals surface area contributed by atoms with E-state index < -0.39 is 5.60 Å². The minimum atomic E-state index is -0.483. The second-order valence-corrected chi connectivity index (χ2v) is 7.93. The molecule has 0 bridgehead atoms. The summed E-state index contributed by atoms with van der Waals surface area (Å²) in [6, 6.07) is 6.38. The van der Waals surface area contributed by atoms with Crippen LogP contribution in [0.2, 0.25) is 0 Å². The number of rotatable bonds is 1. The van der Waals surface area contributed by atoms with Crippen LogP contribution in [0.25, 0.3) is 6.08 Å². The molecular weight excluding hydrogens is 302 g/mol. The molecule has 130 valence electrons. The summed E-state index contributed by atoms with van der Waals surface area (Å²) in [7, 11) is 0. The Morgan fingerprint density at radius 3 is 2.83 bits per heavy atom. The number of carbonyl (C=O) groups is 1. The van der Waals surface area contributed by atoms with Gasteiger partial charge in [0.15, 0.2) is 0 Å². The van der Waals surface area contributed by atoms with Crippen molar-refractivity contribution in [2.75, 3.05) is 13.1 Å². The van der Waals surface area contributed by atoms with Gasteiger partial charge in [-0.3, -0.25) is 0 Å². The van der Waals surface area contributed by atoms with Crippen LogP contribution in [0.3, 0.4) is 0 Å². The highest BCUT2D eigenvalue weighted by molar-refractivity contribution is 5.69. The lowest BCUT2D eigenvalue weighted by Crippen LogP contribution is -2.41. The Bertz CT molecular complexity index is 674. The summed E-state index contributed by atoms with van der Waals surface area (Å²) >= 11 is 0. The predicted molar refractivity (Wildman–Crippen MR) is 94.9 cm³/mol. The van der Waals surface area contributed by atoms with Crippen molar-refractivity contribution in [3.05, 3.63) is 41.0 Å². The van der Waals surface area contributed by atoms with Crippen LogP contribution < -0.4 is 0 Å². The van der Waals surface area contributed by atoms with E-state index in [2.05, 4.69) is 31.2 Å². The lowest BCUT2D eigenvalue weighted by molar-refractivity contribution is -0.0575. The first kappa shape index (κ1) is 17.0. The Kier molecular flexibility index (Phi) is 4.20. The fourth-order valence-corrected chi connectivity index (χ4v) is 3.70. The van der Waals surface area contributed by atoms with E-state index in [1.54, 1.807) is 4.90 Å². The van der Waals surface area contributed by atoms with Crippen LogP contribution >= 0.6 is 0 Å². The average Bonchev–Trinajstić information content (AvgIpc) is 2.84. The van der Waals surface area contributed by atoms with Crippen molar-refractivity contribution in [3.8, 4) is 0 Å². The van der Waals surface area contributed by atoms with Crippen molar-refractivity contribution >= 4 is 12.2 Å². The van der Waals surface area contributed by atoms with Crippen molar-refractivity contribution in [1.82, 2.24) is 4.90 Å². The summed E-state index contributed by atoms with van der Waals surface area (Å²) in [6.45, 7) is 11.6. The summed E-state index contributed by atoms with van der Waals surface area (Å²) < 4.78 is 11.8. The Balaban J connectivity index is 1.89. The molecule has 0 saturated carbocycles. The number of fused-ring (bicyclic) bond motifs is 3. The number of nitrogens with zero attached hydrogens (tertiary/aromatic N) is 1. The van der Waals surface area contributed by atoms with Gasteiger partial charge in [0, 0.05) is 12.5 Å². The molecule has 4 nitrogen and oxygen atoms in total. The van der Waals surface area contributed by atoms with Crippen molar-refractivity contribution < 1.29 is 14.3 Å². The van der Waals surface area contributed by atoms with Gasteiger partial charge in [0.25, 0.3) is 0 Å². The SMILES string of the molecule is C/C=C\c1cccc2c1CO[C@@]1(C)CN(C(=O)OC(C)(C)C)C[C@@H]21. The summed E-state index contributed by atoms with van der Waals surface area (Å²) in [6.07, 6.45) is 3.91. The third-order valence-electron chi connectivity index (χ3n) is 4.81. The first-order valence-electron chi connectivity index (χ1n) is 8.60. The van der Waals surface area contributed by atoms with Crippen LogP contribution in [0.15, 0.2) is 24.3 Å². The molecule has 2 atom stereocenters. The quantitative estimate of drug-likeness (QED) is 0.769. The van der Waals surface area contributed by atoms with Gasteiger partial charge < -0.3 is 14.4 Å². The van der Waals surface area contributed by atoms with Gasteiger partial charge in [0.1, 0.15) is 5.60 Å². The molecule has 1 aromatic rings. The Morgan fingerprint density at radius 1 is 1.42 bits per heavy atom. The molecular formula is C20H27NO3. The normalized spacial score (nSPS) is 26.4. The molecule has 24 heavy (non-hydrogen) atoms. The second kappa shape index (κ2) is 5.92. The smallest absolute Gasteiger partial charge is 0.410 e. The van der Waals surface area contributed by atoms with E-state index in [9.17, 15) is 4.79 Å². The largest absolute Gasteiger partial charge is 0.444 e. The Hall–Kier alpha value is -1.81. The zero-order valence-electron chi connectivity index (χ0n) is 15.3. The van der Waals surface area contributed by atoms with E-state index in [-0.39, 0.29) is 17.6 Å². The zero-order valence-corrected chi connectivity index (χ0v) is 15.3. The number of carbonyl (C=O) groups excluding carboxylic acids is 1. The molecule has 2 aliphatic rings. The van der Waals surface area contributed by atoms with E-state index >= 15 is 0 Å². The van der Waals surface area contributed by atoms with E-state index in [1.165, 1.54) is 16.7 Å². The average molecular weight is 329 g/mol. The van der Waals surface area contributed by atoms with Crippen molar-refractivity contribution in [3.63, 3.8) is 0 Å². The molecule has 1 fully saturated rings. The third kappa shape index (κ3) is 3.07. The highest BCUT2D eigenvalue weighted by Crippen LogP contribution is 2.45. The highest BCUT2D eigenvalue weighted by atomic mass is 16.6. The molecule has 0 aliphatic carbocycles. The number of hydrogen-bond donors (Lipinski definition) is 0. The van der Waals surface area contributed by atoms with Crippen LogP contribution in [-0.4, -0.2) is 35.3 Å². The van der Waals surface area contributed by atoms with Gasteiger partial charge in [-0.2, -0.15) is 0 Å². The van der Waals surface area contributed by atoms with Crippen molar-refractivity contribution in [2.24, 2.45) is 0 Å². The van der Waals surface area contributed by atoms with Gasteiger partial charge in [-0.05, 0) is 51.3 Å². The molecule has 0 unspecified atom stereocenters. The summed E-state index contributed by atoms with van der Waals surface area (Å²) in [5.41, 5.74) is 2.91. The molecule has 3 rings (SSSR count). The predicted octanol–water partition coefficient (Wildman–Crippen LogP) is 4.34. The molecule has 0 spiro atoms. The van der Waals surface area contributed by atoms with Gasteiger partial charge in [-0.25, -0.2) is 4.79 Å². The fourth-order valence-electron chi connectivity index (χ4n) is 3.70. The summed E-state index contributed by atoms with van der Waals surface area (Å²) in [4.78, 5) is 14.3. The molecule has 2 aliphatic heterocycles. The van der Waals surface area contributed by atoms with Gasteiger partial charge in [0.05, 0.1) is 18.8 Å². The first-order chi connectivity index (χ1) is 11.2. The van der Waals surface area contributed by atoms with E-state index in [1.807, 2.05) is 33.8 Å². The molecule has 2 heterocycles. The molecule has 0 aromatic heterocycles. The van der Waals surface area contributed by atoms with Crippen molar-refractivity contribution in [2.45, 2.75) is 58.3 Å². The van der Waals surface area contributed by atoms with Crippen LogP contribution in [-0.2, 0) is 16.1 Å². The molecule has 0 radical (unpaired) electrons. The minimum absolute atomic E-state index is 0.180. The molecule has 1 amide bonds. The minimum Gasteiger partial charge on any atom is -0.444 e. The van der Waals surface area contributed by atoms with E-state index in [0.717, 1.165) is 0 Å². The first-order valence-corrected chi connectivity index (χ1v) is 8.60. The Labute approximate surface area is 144 Å². The maximum absolute atomic E-state index is 12.5. The standard InChI is InChI=1S/C20H27NO3/c1-6-8-14-9-7-10-15-16(14)12-23-20(5)13-21(11-17(15)20)18(22)24-19(2,3)4/h6-10,17H,11-13H2,1-5H3/b8-6-/t17-,20-/m0/s1. The van der Waals surface area contributed by atoms with Crippen LogP contribution in [0.1, 0.15) is 57.2 Å². The molecule has 1 saturated heterocycles. The van der Waals surface area contributed by atoms with Crippen LogP contribution in [0.5, 0.6) is 0 Å². The highest BCUT2D eigenvalue weighted by Gasteiger charge is 2.50. The molecule has 4 heteroatoms. The fraction of sp³-hybridized carbons (Fsp3) is 0.550. The van der Waals surface area contributed by atoms with Gasteiger partial charge >= 0.3 is 6.09 Å².